The SMILES string of the molecule is CCOc1cccnc1NCCNCC(C)O. The van der Waals surface area contributed by atoms with Gasteiger partial charge in [0.05, 0.1) is 12.7 Å². The van der Waals surface area contributed by atoms with Gasteiger partial charge in [-0.1, -0.05) is 0 Å². The molecule has 0 saturated heterocycles. The Bertz CT molecular complexity index is 318. The molecule has 5 nitrogen and oxygen atoms in total. The fraction of sp³-hybridized carbons (Fsp3) is 0.583. The van der Waals surface area contributed by atoms with Crippen LogP contribution in [0.5, 0.6) is 5.75 Å². The van der Waals surface area contributed by atoms with Crippen LogP contribution in [0.1, 0.15) is 13.8 Å². The first-order valence-electron chi connectivity index (χ1n) is 5.94. The van der Waals surface area contributed by atoms with Crippen molar-refractivity contribution < 1.29 is 9.84 Å². The van der Waals surface area contributed by atoms with E-state index < -0.39 is 0 Å². The minimum absolute atomic E-state index is 0.316. The van der Waals surface area contributed by atoms with Gasteiger partial charge in [0.2, 0.25) is 0 Å². The van der Waals surface area contributed by atoms with Crippen LogP contribution in [0, 0.1) is 0 Å². The highest BCUT2D eigenvalue weighted by atomic mass is 16.5. The summed E-state index contributed by atoms with van der Waals surface area (Å²) in [4.78, 5) is 4.22. The van der Waals surface area contributed by atoms with E-state index in [-0.39, 0.29) is 6.10 Å². The lowest BCUT2D eigenvalue weighted by atomic mass is 10.4. The van der Waals surface area contributed by atoms with E-state index in [9.17, 15) is 0 Å². The molecule has 1 heterocycles. The van der Waals surface area contributed by atoms with Gasteiger partial charge >= 0.3 is 0 Å². The zero-order chi connectivity index (χ0) is 12.5. The van der Waals surface area contributed by atoms with Crippen molar-refractivity contribution in [2.75, 3.05) is 31.6 Å². The van der Waals surface area contributed by atoms with Gasteiger partial charge in [-0.05, 0) is 26.0 Å². The van der Waals surface area contributed by atoms with Crippen molar-refractivity contribution in [2.24, 2.45) is 0 Å². The Morgan fingerprint density at radius 3 is 3.00 bits per heavy atom. The third kappa shape index (κ3) is 5.51. The molecule has 5 heteroatoms. The number of aromatic nitrogens is 1. The maximum absolute atomic E-state index is 9.07. The summed E-state index contributed by atoms with van der Waals surface area (Å²) in [6.07, 6.45) is 1.41. The summed E-state index contributed by atoms with van der Waals surface area (Å²) in [5, 5.41) is 15.4. The van der Waals surface area contributed by atoms with Gasteiger partial charge in [-0.2, -0.15) is 0 Å². The minimum atomic E-state index is -0.316. The standard InChI is InChI=1S/C12H21N3O2/c1-3-17-11-5-4-6-14-12(11)15-8-7-13-9-10(2)16/h4-6,10,13,16H,3,7-9H2,1-2H3,(H,14,15). The molecule has 0 saturated carbocycles. The van der Waals surface area contributed by atoms with Crippen LogP contribution in [0.15, 0.2) is 18.3 Å². The Hall–Kier alpha value is -1.33. The summed E-state index contributed by atoms with van der Waals surface area (Å²) in [5.41, 5.74) is 0. The van der Waals surface area contributed by atoms with Crippen LogP contribution >= 0.6 is 0 Å². The van der Waals surface area contributed by atoms with Gasteiger partial charge in [0.15, 0.2) is 11.6 Å². The van der Waals surface area contributed by atoms with Crippen LogP contribution in [0.4, 0.5) is 5.82 Å². The van der Waals surface area contributed by atoms with E-state index in [1.165, 1.54) is 0 Å². The summed E-state index contributed by atoms with van der Waals surface area (Å²) in [7, 11) is 0. The van der Waals surface area contributed by atoms with Crippen LogP contribution in [0.25, 0.3) is 0 Å². The van der Waals surface area contributed by atoms with E-state index in [0.29, 0.717) is 13.2 Å². The third-order valence-electron chi connectivity index (χ3n) is 2.10. The van der Waals surface area contributed by atoms with Crippen molar-refractivity contribution in [3.05, 3.63) is 18.3 Å². The zero-order valence-corrected chi connectivity index (χ0v) is 10.4. The van der Waals surface area contributed by atoms with Gasteiger partial charge in [0.25, 0.3) is 0 Å². The number of anilines is 1. The van der Waals surface area contributed by atoms with Crippen LogP contribution in [0.2, 0.25) is 0 Å². The summed E-state index contributed by atoms with van der Waals surface area (Å²) in [6, 6.07) is 3.74. The smallest absolute Gasteiger partial charge is 0.168 e. The first kappa shape index (κ1) is 13.7. The number of hydrogen-bond acceptors (Lipinski definition) is 5. The summed E-state index contributed by atoms with van der Waals surface area (Å²) >= 11 is 0. The predicted octanol–water partition coefficient (Wildman–Crippen LogP) is 0.863. The molecule has 3 N–H and O–H groups in total. The largest absolute Gasteiger partial charge is 0.490 e. The Balaban J connectivity index is 2.30. The number of nitrogens with zero attached hydrogens (tertiary/aromatic N) is 1. The first-order chi connectivity index (χ1) is 8.24. The average molecular weight is 239 g/mol. The van der Waals surface area contributed by atoms with E-state index in [1.807, 2.05) is 19.1 Å². The van der Waals surface area contributed by atoms with Gasteiger partial charge in [0.1, 0.15) is 0 Å². The quantitative estimate of drug-likeness (QED) is 0.587. The Labute approximate surface area is 102 Å². The van der Waals surface area contributed by atoms with Crippen molar-refractivity contribution in [1.29, 1.82) is 0 Å². The number of aliphatic hydroxyl groups is 1. The number of rotatable bonds is 8. The molecule has 0 bridgehead atoms. The van der Waals surface area contributed by atoms with E-state index in [1.54, 1.807) is 13.1 Å². The molecule has 0 aromatic carbocycles. The molecule has 1 atom stereocenters. The highest BCUT2D eigenvalue weighted by molar-refractivity contribution is 5.49. The highest BCUT2D eigenvalue weighted by Gasteiger charge is 2.02. The fourth-order valence-corrected chi connectivity index (χ4v) is 1.38. The molecule has 1 unspecified atom stereocenters. The lowest BCUT2D eigenvalue weighted by Gasteiger charge is -2.11. The van der Waals surface area contributed by atoms with Crippen molar-refractivity contribution in [3.8, 4) is 5.75 Å². The van der Waals surface area contributed by atoms with Gasteiger partial charge in [-0.3, -0.25) is 0 Å². The maximum Gasteiger partial charge on any atom is 0.168 e. The molecule has 1 aromatic rings. The van der Waals surface area contributed by atoms with Gasteiger partial charge in [-0.15, -0.1) is 0 Å². The summed E-state index contributed by atoms with van der Waals surface area (Å²) < 4.78 is 5.45. The van der Waals surface area contributed by atoms with Crippen molar-refractivity contribution in [1.82, 2.24) is 10.3 Å². The van der Waals surface area contributed by atoms with E-state index in [4.69, 9.17) is 9.84 Å². The van der Waals surface area contributed by atoms with E-state index in [2.05, 4.69) is 15.6 Å². The average Bonchev–Trinajstić information content (AvgIpc) is 2.31. The Morgan fingerprint density at radius 1 is 1.47 bits per heavy atom. The number of nitrogens with one attached hydrogen (secondary N) is 2. The molecule has 0 fully saturated rings. The number of hydrogen-bond donors (Lipinski definition) is 3. The van der Waals surface area contributed by atoms with Crippen LogP contribution in [0.3, 0.4) is 0 Å². The van der Waals surface area contributed by atoms with Crippen molar-refractivity contribution in [3.63, 3.8) is 0 Å². The molecule has 0 aliphatic rings. The van der Waals surface area contributed by atoms with Crippen LogP contribution < -0.4 is 15.4 Å². The number of ether oxygens (including phenoxy) is 1. The fourth-order valence-electron chi connectivity index (χ4n) is 1.38. The lowest BCUT2D eigenvalue weighted by Crippen LogP contribution is -2.29. The lowest BCUT2D eigenvalue weighted by molar-refractivity contribution is 0.192. The van der Waals surface area contributed by atoms with Crippen LogP contribution in [-0.4, -0.2) is 42.4 Å². The third-order valence-corrected chi connectivity index (χ3v) is 2.10. The molecule has 1 aromatic heterocycles. The molecule has 0 amide bonds. The number of pyridine rings is 1. The van der Waals surface area contributed by atoms with Gasteiger partial charge < -0.3 is 20.5 Å². The summed E-state index contributed by atoms with van der Waals surface area (Å²) in [6.45, 7) is 6.44. The Kier molecular flexibility index (Phi) is 6.35. The van der Waals surface area contributed by atoms with E-state index >= 15 is 0 Å². The van der Waals surface area contributed by atoms with Crippen molar-refractivity contribution >= 4 is 5.82 Å². The van der Waals surface area contributed by atoms with Gasteiger partial charge in [-0.25, -0.2) is 4.98 Å². The molecule has 1 rings (SSSR count). The van der Waals surface area contributed by atoms with Gasteiger partial charge in [0, 0.05) is 25.8 Å². The highest BCUT2D eigenvalue weighted by Crippen LogP contribution is 2.19. The molecule has 96 valence electrons. The predicted molar refractivity (Wildman–Crippen MR) is 68.4 cm³/mol. The molecular formula is C12H21N3O2. The molecule has 0 aliphatic heterocycles. The second-order valence-electron chi connectivity index (χ2n) is 3.76. The first-order valence-corrected chi connectivity index (χ1v) is 5.94. The van der Waals surface area contributed by atoms with Crippen LogP contribution in [-0.2, 0) is 0 Å². The number of aliphatic hydroxyl groups excluding tert-OH is 1. The normalized spacial score (nSPS) is 12.2. The summed E-state index contributed by atoms with van der Waals surface area (Å²) in [5.74, 6) is 1.53. The second kappa shape index (κ2) is 7.86. The monoisotopic (exact) mass is 239 g/mol. The van der Waals surface area contributed by atoms with E-state index in [0.717, 1.165) is 24.7 Å². The molecule has 0 spiro atoms. The minimum Gasteiger partial charge on any atom is -0.490 e. The maximum atomic E-state index is 9.07. The second-order valence-corrected chi connectivity index (χ2v) is 3.76. The molecule has 17 heavy (non-hydrogen) atoms. The molecule has 0 aliphatic carbocycles. The Morgan fingerprint density at radius 2 is 2.29 bits per heavy atom. The topological polar surface area (TPSA) is 66.4 Å². The molecule has 0 radical (unpaired) electrons. The zero-order valence-electron chi connectivity index (χ0n) is 10.4. The van der Waals surface area contributed by atoms with Crippen molar-refractivity contribution in [2.45, 2.75) is 20.0 Å². The molecular weight excluding hydrogens is 218 g/mol.